The minimum absolute atomic E-state index is 0.259. The van der Waals surface area contributed by atoms with Crippen LogP contribution in [0.2, 0.25) is 0 Å². The van der Waals surface area contributed by atoms with Crippen molar-refractivity contribution in [1.29, 1.82) is 0 Å². The second-order valence-corrected chi connectivity index (χ2v) is 4.67. The highest BCUT2D eigenvalue weighted by Crippen LogP contribution is 2.22. The fourth-order valence-electron chi connectivity index (χ4n) is 2.22. The van der Waals surface area contributed by atoms with E-state index in [0.717, 1.165) is 31.3 Å². The fourth-order valence-corrected chi connectivity index (χ4v) is 2.22. The van der Waals surface area contributed by atoms with Crippen molar-refractivity contribution in [1.82, 2.24) is 9.55 Å². The molecule has 88 valence electrons. The van der Waals surface area contributed by atoms with Gasteiger partial charge in [0.05, 0.1) is 5.69 Å². The van der Waals surface area contributed by atoms with Crippen LogP contribution in [-0.4, -0.2) is 28.7 Å². The second-order valence-electron chi connectivity index (χ2n) is 4.67. The molecule has 2 heterocycles. The van der Waals surface area contributed by atoms with Crippen molar-refractivity contribution in [3.05, 3.63) is 24.5 Å². The fraction of sp³-hybridized carbons (Fsp3) is 0.583. The van der Waals surface area contributed by atoms with Gasteiger partial charge in [0, 0.05) is 31.9 Å². The maximum Gasteiger partial charge on any atom is 0.206 e. The van der Waals surface area contributed by atoms with E-state index in [9.17, 15) is 0 Å². The minimum atomic E-state index is 0.259. The summed E-state index contributed by atoms with van der Waals surface area (Å²) in [6.45, 7) is 10.7. The van der Waals surface area contributed by atoms with Gasteiger partial charge in [0.15, 0.2) is 0 Å². The lowest BCUT2D eigenvalue weighted by molar-refractivity contribution is 0.565. The highest BCUT2D eigenvalue weighted by molar-refractivity contribution is 5.36. The molecule has 2 unspecified atom stereocenters. The van der Waals surface area contributed by atoms with E-state index in [4.69, 9.17) is 5.73 Å². The summed E-state index contributed by atoms with van der Waals surface area (Å²) in [6.07, 6.45) is 3.95. The molecule has 4 nitrogen and oxygen atoms in total. The molecule has 0 radical (unpaired) electrons. The Labute approximate surface area is 96.8 Å². The molecule has 0 saturated carbocycles. The van der Waals surface area contributed by atoms with Crippen LogP contribution in [0.15, 0.2) is 18.9 Å². The van der Waals surface area contributed by atoms with Crippen molar-refractivity contribution < 1.29 is 0 Å². The molecule has 4 heteroatoms. The Morgan fingerprint density at radius 2 is 2.38 bits per heavy atom. The zero-order valence-electron chi connectivity index (χ0n) is 10.1. The first-order valence-corrected chi connectivity index (χ1v) is 5.77. The van der Waals surface area contributed by atoms with Gasteiger partial charge in [-0.05, 0) is 12.8 Å². The molecule has 1 aromatic rings. The quantitative estimate of drug-likeness (QED) is 0.778. The summed E-state index contributed by atoms with van der Waals surface area (Å²) in [7, 11) is 0. The van der Waals surface area contributed by atoms with Crippen molar-refractivity contribution in [2.45, 2.75) is 26.4 Å². The highest BCUT2D eigenvalue weighted by Gasteiger charge is 2.29. The van der Waals surface area contributed by atoms with Crippen LogP contribution in [-0.2, 0) is 6.54 Å². The van der Waals surface area contributed by atoms with Crippen LogP contribution < -0.4 is 10.6 Å². The topological polar surface area (TPSA) is 47.1 Å². The number of nitrogens with two attached hydrogens (primary N) is 1. The Bertz CT molecular complexity index is 372. The van der Waals surface area contributed by atoms with E-state index in [1.807, 2.05) is 13.0 Å². The van der Waals surface area contributed by atoms with Crippen LogP contribution in [0.5, 0.6) is 0 Å². The number of nitrogens with zero attached hydrogens (tertiary/aromatic N) is 3. The monoisotopic (exact) mass is 220 g/mol. The number of aryl methyl sites for hydroxylation is 1. The zero-order chi connectivity index (χ0) is 11.7. The predicted octanol–water partition coefficient (Wildman–Crippen LogP) is 1.16. The van der Waals surface area contributed by atoms with Gasteiger partial charge in [-0.1, -0.05) is 13.0 Å². The van der Waals surface area contributed by atoms with Gasteiger partial charge in [-0.3, -0.25) is 0 Å². The van der Waals surface area contributed by atoms with Gasteiger partial charge in [0.2, 0.25) is 5.95 Å². The molecule has 0 aliphatic carbocycles. The highest BCUT2D eigenvalue weighted by atomic mass is 15.3. The van der Waals surface area contributed by atoms with Gasteiger partial charge in [-0.2, -0.15) is 0 Å². The van der Waals surface area contributed by atoms with Gasteiger partial charge in [-0.15, -0.1) is 6.58 Å². The van der Waals surface area contributed by atoms with E-state index in [-0.39, 0.29) is 6.04 Å². The number of anilines is 1. The third-order valence-corrected chi connectivity index (χ3v) is 3.16. The van der Waals surface area contributed by atoms with Crippen LogP contribution >= 0.6 is 0 Å². The predicted molar refractivity (Wildman–Crippen MR) is 66.5 cm³/mol. The summed E-state index contributed by atoms with van der Waals surface area (Å²) in [5.74, 6) is 1.56. The number of hydrogen-bond donors (Lipinski definition) is 1. The summed E-state index contributed by atoms with van der Waals surface area (Å²) in [6, 6.07) is 0.259. The Hall–Kier alpha value is -1.29. The maximum absolute atomic E-state index is 6.04. The van der Waals surface area contributed by atoms with Crippen LogP contribution in [0.1, 0.15) is 12.6 Å². The average Bonchev–Trinajstić information content (AvgIpc) is 2.73. The van der Waals surface area contributed by atoms with Crippen LogP contribution in [0, 0.1) is 12.8 Å². The van der Waals surface area contributed by atoms with Gasteiger partial charge < -0.3 is 15.2 Å². The van der Waals surface area contributed by atoms with Crippen LogP contribution in [0.4, 0.5) is 5.95 Å². The third-order valence-electron chi connectivity index (χ3n) is 3.16. The Morgan fingerprint density at radius 1 is 1.62 bits per heavy atom. The Balaban J connectivity index is 2.23. The maximum atomic E-state index is 6.04. The molecule has 0 spiro atoms. The van der Waals surface area contributed by atoms with E-state index in [0.29, 0.717) is 5.92 Å². The Morgan fingerprint density at radius 3 is 2.94 bits per heavy atom. The summed E-state index contributed by atoms with van der Waals surface area (Å²) in [5, 5.41) is 0. The number of imidazole rings is 1. The SMILES string of the molecule is C=CCn1cc(C)nc1N1CC(C)C(N)C1. The van der Waals surface area contributed by atoms with E-state index in [2.05, 4.69) is 34.2 Å². The number of hydrogen-bond acceptors (Lipinski definition) is 3. The second kappa shape index (κ2) is 4.29. The minimum Gasteiger partial charge on any atom is -0.340 e. The lowest BCUT2D eigenvalue weighted by atomic mass is 10.1. The molecule has 1 aliphatic rings. The van der Waals surface area contributed by atoms with Gasteiger partial charge >= 0.3 is 0 Å². The molecular formula is C12H20N4. The van der Waals surface area contributed by atoms with Crippen LogP contribution in [0.25, 0.3) is 0 Å². The summed E-state index contributed by atoms with van der Waals surface area (Å²) >= 11 is 0. The van der Waals surface area contributed by atoms with E-state index in [1.165, 1.54) is 0 Å². The first-order valence-electron chi connectivity index (χ1n) is 5.77. The zero-order valence-corrected chi connectivity index (χ0v) is 10.1. The molecule has 2 atom stereocenters. The van der Waals surface area contributed by atoms with Crippen molar-refractivity contribution >= 4 is 5.95 Å². The number of rotatable bonds is 3. The number of aromatic nitrogens is 2. The van der Waals surface area contributed by atoms with Crippen molar-refractivity contribution in [2.75, 3.05) is 18.0 Å². The Kier molecular flexibility index (Phi) is 3.01. The molecule has 1 aliphatic heterocycles. The molecule has 1 aromatic heterocycles. The smallest absolute Gasteiger partial charge is 0.206 e. The standard InChI is InChI=1S/C12H20N4/c1-4-5-15-7-10(3)14-12(15)16-6-9(2)11(13)8-16/h4,7,9,11H,1,5-6,8,13H2,2-3H3. The van der Waals surface area contributed by atoms with Crippen LogP contribution in [0.3, 0.4) is 0 Å². The lowest BCUT2D eigenvalue weighted by Crippen LogP contribution is -2.29. The molecule has 0 bridgehead atoms. The van der Waals surface area contributed by atoms with E-state index >= 15 is 0 Å². The molecule has 2 N–H and O–H groups in total. The molecule has 0 amide bonds. The van der Waals surface area contributed by atoms with Crippen molar-refractivity contribution in [3.8, 4) is 0 Å². The first kappa shape index (κ1) is 11.2. The molecule has 16 heavy (non-hydrogen) atoms. The lowest BCUT2D eigenvalue weighted by Gasteiger charge is -2.17. The van der Waals surface area contributed by atoms with Crippen molar-refractivity contribution in [2.24, 2.45) is 11.7 Å². The average molecular weight is 220 g/mol. The van der Waals surface area contributed by atoms with Gasteiger partial charge in [-0.25, -0.2) is 4.98 Å². The molecule has 0 aromatic carbocycles. The molecule has 2 rings (SSSR count). The van der Waals surface area contributed by atoms with Crippen molar-refractivity contribution in [3.63, 3.8) is 0 Å². The van der Waals surface area contributed by atoms with E-state index < -0.39 is 0 Å². The van der Waals surface area contributed by atoms with E-state index in [1.54, 1.807) is 0 Å². The summed E-state index contributed by atoms with van der Waals surface area (Å²) < 4.78 is 2.13. The molecule has 1 saturated heterocycles. The first-order chi connectivity index (χ1) is 7.61. The van der Waals surface area contributed by atoms with Gasteiger partial charge in [0.1, 0.15) is 0 Å². The van der Waals surface area contributed by atoms with Gasteiger partial charge in [0.25, 0.3) is 0 Å². The normalized spacial score (nSPS) is 25.1. The summed E-state index contributed by atoms with van der Waals surface area (Å²) in [5.41, 5.74) is 7.08. The number of allylic oxidation sites excluding steroid dienone is 1. The summed E-state index contributed by atoms with van der Waals surface area (Å²) in [4.78, 5) is 6.84. The third kappa shape index (κ3) is 1.97. The largest absolute Gasteiger partial charge is 0.340 e. The molecule has 1 fully saturated rings. The molecular weight excluding hydrogens is 200 g/mol.